The van der Waals surface area contributed by atoms with Gasteiger partial charge in [0.1, 0.15) is 24.7 Å². The van der Waals surface area contributed by atoms with E-state index in [0.717, 1.165) is 12.0 Å². The van der Waals surface area contributed by atoms with Crippen LogP contribution >= 0.6 is 0 Å². The molecule has 1 saturated heterocycles. The van der Waals surface area contributed by atoms with Crippen molar-refractivity contribution in [3.8, 4) is 17.2 Å². The lowest BCUT2D eigenvalue weighted by atomic mass is 9.95. The maximum absolute atomic E-state index is 13.4. The van der Waals surface area contributed by atoms with E-state index >= 15 is 0 Å². The van der Waals surface area contributed by atoms with E-state index < -0.39 is 17.7 Å². The molecule has 1 unspecified atom stereocenters. The van der Waals surface area contributed by atoms with E-state index in [-0.39, 0.29) is 11.3 Å². The smallest absolute Gasteiger partial charge is 0.295 e. The fourth-order valence-corrected chi connectivity index (χ4v) is 4.69. The maximum Gasteiger partial charge on any atom is 0.295 e. The number of nitrogens with zero attached hydrogens (tertiary/aromatic N) is 1. The lowest BCUT2D eigenvalue weighted by Gasteiger charge is -2.26. The third-order valence-electron chi connectivity index (χ3n) is 6.49. The van der Waals surface area contributed by atoms with Gasteiger partial charge in [-0.1, -0.05) is 49.4 Å². The van der Waals surface area contributed by atoms with Gasteiger partial charge in [0.25, 0.3) is 11.7 Å². The molecule has 3 aromatic rings. The average Bonchev–Trinajstić information content (AvgIpc) is 3.20. The first-order chi connectivity index (χ1) is 18.1. The van der Waals surface area contributed by atoms with Crippen molar-refractivity contribution in [2.75, 3.05) is 26.4 Å². The predicted octanol–water partition coefficient (Wildman–Crippen LogP) is 4.91. The molecule has 2 aliphatic rings. The number of aliphatic hydroxyl groups is 1. The van der Waals surface area contributed by atoms with Crippen LogP contribution in [-0.4, -0.2) is 48.1 Å². The van der Waals surface area contributed by atoms with Crippen molar-refractivity contribution in [2.24, 2.45) is 0 Å². The van der Waals surface area contributed by atoms with Crippen LogP contribution in [0.15, 0.2) is 78.4 Å². The quantitative estimate of drug-likeness (QED) is 0.269. The van der Waals surface area contributed by atoms with Gasteiger partial charge in [-0.05, 0) is 54.3 Å². The van der Waals surface area contributed by atoms with E-state index in [0.29, 0.717) is 61.2 Å². The Morgan fingerprint density at radius 1 is 0.973 bits per heavy atom. The van der Waals surface area contributed by atoms with Gasteiger partial charge < -0.3 is 24.2 Å². The van der Waals surface area contributed by atoms with Crippen LogP contribution in [0.4, 0.5) is 0 Å². The largest absolute Gasteiger partial charge is 0.507 e. The highest BCUT2D eigenvalue weighted by Gasteiger charge is 2.46. The van der Waals surface area contributed by atoms with Gasteiger partial charge in [0, 0.05) is 12.1 Å². The second-order valence-corrected chi connectivity index (χ2v) is 9.01. The van der Waals surface area contributed by atoms with Gasteiger partial charge in [0.2, 0.25) is 0 Å². The first kappa shape index (κ1) is 24.4. The number of ether oxygens (including phenoxy) is 3. The Morgan fingerprint density at radius 3 is 2.54 bits per heavy atom. The number of carbonyl (C=O) groups excluding carboxylic acids is 2. The van der Waals surface area contributed by atoms with E-state index in [1.54, 1.807) is 18.2 Å². The van der Waals surface area contributed by atoms with Gasteiger partial charge in [-0.3, -0.25) is 9.59 Å². The van der Waals surface area contributed by atoms with E-state index in [4.69, 9.17) is 14.2 Å². The van der Waals surface area contributed by atoms with Crippen LogP contribution in [0.5, 0.6) is 17.2 Å². The van der Waals surface area contributed by atoms with Crippen LogP contribution in [-0.2, 0) is 16.0 Å². The minimum atomic E-state index is -0.762. The molecule has 0 bridgehead atoms. The number of aliphatic hydroxyl groups excluding tert-OH is 1. The molecule has 1 amide bonds. The summed E-state index contributed by atoms with van der Waals surface area (Å²) in [7, 11) is 0. The van der Waals surface area contributed by atoms with Crippen molar-refractivity contribution in [3.05, 3.63) is 95.1 Å². The van der Waals surface area contributed by atoms with Crippen LogP contribution in [0.3, 0.4) is 0 Å². The highest BCUT2D eigenvalue weighted by molar-refractivity contribution is 6.46. The average molecular weight is 500 g/mol. The summed E-state index contributed by atoms with van der Waals surface area (Å²) in [6.45, 7) is 3.73. The molecule has 5 rings (SSSR count). The number of amides is 1. The van der Waals surface area contributed by atoms with Crippen molar-refractivity contribution in [2.45, 2.75) is 25.8 Å². The lowest BCUT2D eigenvalue weighted by molar-refractivity contribution is -0.139. The van der Waals surface area contributed by atoms with Gasteiger partial charge in [-0.25, -0.2) is 0 Å². The molecule has 1 atom stereocenters. The van der Waals surface area contributed by atoms with Crippen molar-refractivity contribution in [3.63, 3.8) is 0 Å². The van der Waals surface area contributed by atoms with E-state index in [9.17, 15) is 14.7 Å². The SMILES string of the molecule is CCCOc1cccc(C2C(=C(O)c3ccc4c(c3)OCCO4)C(=O)C(=O)N2CCc2ccccc2)c1. The molecule has 37 heavy (non-hydrogen) atoms. The highest BCUT2D eigenvalue weighted by Crippen LogP contribution is 2.41. The zero-order chi connectivity index (χ0) is 25.8. The molecule has 0 spiro atoms. The van der Waals surface area contributed by atoms with Crippen LogP contribution in [0, 0.1) is 0 Å². The Bertz CT molecular complexity index is 1330. The molecule has 0 aromatic heterocycles. The fraction of sp³-hybridized carbons (Fsp3) is 0.267. The van der Waals surface area contributed by atoms with Crippen LogP contribution in [0.25, 0.3) is 5.76 Å². The molecule has 2 heterocycles. The molecular formula is C30H29NO6. The Morgan fingerprint density at radius 2 is 1.76 bits per heavy atom. The number of likely N-dealkylation sites (tertiary alicyclic amines) is 1. The van der Waals surface area contributed by atoms with Crippen molar-refractivity contribution in [1.29, 1.82) is 0 Å². The Balaban J connectivity index is 1.57. The summed E-state index contributed by atoms with van der Waals surface area (Å²) < 4.78 is 17.1. The summed E-state index contributed by atoms with van der Waals surface area (Å²) >= 11 is 0. The molecule has 0 saturated carbocycles. The van der Waals surface area contributed by atoms with Gasteiger partial charge in [-0.2, -0.15) is 0 Å². The number of fused-ring (bicyclic) bond motifs is 1. The number of benzene rings is 3. The number of rotatable bonds is 8. The summed E-state index contributed by atoms with van der Waals surface area (Å²) in [5.74, 6) is 0.100. The van der Waals surface area contributed by atoms with Crippen molar-refractivity contribution < 1.29 is 28.9 Å². The summed E-state index contributed by atoms with van der Waals surface area (Å²) in [5.41, 5.74) is 2.17. The number of carbonyl (C=O) groups is 2. The number of ketones is 1. The molecule has 3 aromatic carbocycles. The highest BCUT2D eigenvalue weighted by atomic mass is 16.6. The van der Waals surface area contributed by atoms with Gasteiger partial charge in [0.05, 0.1) is 18.2 Å². The summed E-state index contributed by atoms with van der Waals surface area (Å²) in [6, 6.07) is 21.4. The summed E-state index contributed by atoms with van der Waals surface area (Å²) in [5, 5.41) is 11.4. The third-order valence-corrected chi connectivity index (χ3v) is 6.49. The van der Waals surface area contributed by atoms with E-state index in [2.05, 4.69) is 0 Å². The second kappa shape index (κ2) is 10.8. The number of hydrogen-bond donors (Lipinski definition) is 1. The molecular weight excluding hydrogens is 470 g/mol. The molecule has 7 heteroatoms. The molecule has 1 N–H and O–H groups in total. The minimum Gasteiger partial charge on any atom is -0.507 e. The number of Topliss-reactive ketones (excluding diaryl/α,β-unsaturated/α-hetero) is 1. The minimum absolute atomic E-state index is 0.0439. The zero-order valence-corrected chi connectivity index (χ0v) is 20.7. The van der Waals surface area contributed by atoms with Crippen LogP contribution in [0.1, 0.15) is 36.1 Å². The Hall–Kier alpha value is -4.26. The standard InChI is InChI=1S/C30H29NO6/c1-2-15-35-23-10-6-9-21(18-23)27-26(28(32)22-11-12-24-25(19-22)37-17-16-36-24)29(33)30(34)31(27)14-13-20-7-4-3-5-8-20/h3-12,18-19,27,32H,2,13-17H2,1H3. The number of hydrogen-bond acceptors (Lipinski definition) is 6. The van der Waals surface area contributed by atoms with Gasteiger partial charge in [-0.15, -0.1) is 0 Å². The van der Waals surface area contributed by atoms with Crippen LogP contribution < -0.4 is 14.2 Å². The summed E-state index contributed by atoms with van der Waals surface area (Å²) in [6.07, 6.45) is 1.42. The Labute approximate surface area is 215 Å². The van der Waals surface area contributed by atoms with E-state index in [1.165, 1.54) is 4.90 Å². The molecule has 0 radical (unpaired) electrons. The van der Waals surface area contributed by atoms with E-state index in [1.807, 2.05) is 61.5 Å². The molecule has 2 aliphatic heterocycles. The lowest BCUT2D eigenvalue weighted by Crippen LogP contribution is -2.31. The Kier molecular flexibility index (Phi) is 7.12. The second-order valence-electron chi connectivity index (χ2n) is 9.01. The predicted molar refractivity (Wildman–Crippen MR) is 139 cm³/mol. The molecule has 0 aliphatic carbocycles. The first-order valence-electron chi connectivity index (χ1n) is 12.5. The maximum atomic E-state index is 13.4. The fourth-order valence-electron chi connectivity index (χ4n) is 4.69. The first-order valence-corrected chi connectivity index (χ1v) is 12.5. The van der Waals surface area contributed by atoms with Crippen LogP contribution in [0.2, 0.25) is 0 Å². The van der Waals surface area contributed by atoms with Crippen molar-refractivity contribution >= 4 is 17.4 Å². The normalized spacial score (nSPS) is 18.2. The van der Waals surface area contributed by atoms with Crippen molar-refractivity contribution in [1.82, 2.24) is 4.90 Å². The van der Waals surface area contributed by atoms with Gasteiger partial charge >= 0.3 is 0 Å². The molecule has 7 nitrogen and oxygen atoms in total. The topological polar surface area (TPSA) is 85.3 Å². The third kappa shape index (κ3) is 5.03. The molecule has 1 fully saturated rings. The molecule has 190 valence electrons. The zero-order valence-electron chi connectivity index (χ0n) is 20.7. The monoisotopic (exact) mass is 499 g/mol. The summed E-state index contributed by atoms with van der Waals surface area (Å²) in [4.78, 5) is 28.2. The van der Waals surface area contributed by atoms with Gasteiger partial charge in [0.15, 0.2) is 11.5 Å².